The highest BCUT2D eigenvalue weighted by atomic mass is 16.5. The molecule has 104 valence electrons. The molecule has 0 fully saturated rings. The van der Waals surface area contributed by atoms with E-state index in [9.17, 15) is 0 Å². The molecule has 1 heterocycles. The maximum atomic E-state index is 5.72. The number of para-hydroxylation sites is 1. The van der Waals surface area contributed by atoms with E-state index < -0.39 is 0 Å². The second-order valence-corrected chi connectivity index (χ2v) is 5.51. The average molecular weight is 259 g/mol. The van der Waals surface area contributed by atoms with E-state index in [1.165, 1.54) is 16.5 Å². The van der Waals surface area contributed by atoms with Crippen LogP contribution in [0.15, 0.2) is 30.5 Å². The zero-order chi connectivity index (χ0) is 13.7. The molecule has 2 heteroatoms. The van der Waals surface area contributed by atoms with Crippen molar-refractivity contribution in [2.75, 3.05) is 13.2 Å². The number of fused-ring (bicyclic) bond motifs is 1. The van der Waals surface area contributed by atoms with Crippen LogP contribution in [0.5, 0.6) is 0 Å². The number of benzene rings is 1. The summed E-state index contributed by atoms with van der Waals surface area (Å²) in [6, 6.07) is 8.75. The van der Waals surface area contributed by atoms with Crippen molar-refractivity contribution < 1.29 is 4.74 Å². The molecule has 19 heavy (non-hydrogen) atoms. The largest absolute Gasteiger partial charge is 0.380 e. The molecule has 0 atom stereocenters. The molecule has 2 nitrogen and oxygen atoms in total. The summed E-state index contributed by atoms with van der Waals surface area (Å²) < 4.78 is 8.04. The zero-order valence-electron chi connectivity index (χ0n) is 12.4. The molecule has 0 unspecified atom stereocenters. The third-order valence-corrected chi connectivity index (χ3v) is 3.57. The van der Waals surface area contributed by atoms with Gasteiger partial charge in [0.25, 0.3) is 0 Å². The first-order valence-electron chi connectivity index (χ1n) is 7.37. The van der Waals surface area contributed by atoms with Crippen molar-refractivity contribution >= 4 is 10.9 Å². The molecule has 0 radical (unpaired) electrons. The van der Waals surface area contributed by atoms with Crippen molar-refractivity contribution in [3.05, 3.63) is 36.0 Å². The minimum atomic E-state index is 0.721. The predicted octanol–water partition coefficient (Wildman–Crippen LogP) is 4.27. The van der Waals surface area contributed by atoms with Crippen molar-refractivity contribution in [3.63, 3.8) is 0 Å². The summed E-state index contributed by atoms with van der Waals surface area (Å²) >= 11 is 0. The lowest BCUT2D eigenvalue weighted by atomic mass is 10.1. The summed E-state index contributed by atoms with van der Waals surface area (Å²) in [6.07, 6.45) is 4.40. The van der Waals surface area contributed by atoms with E-state index in [1.54, 1.807) is 0 Å². The molecule has 0 aliphatic carbocycles. The zero-order valence-corrected chi connectivity index (χ0v) is 12.4. The van der Waals surface area contributed by atoms with Crippen LogP contribution < -0.4 is 0 Å². The van der Waals surface area contributed by atoms with Crippen molar-refractivity contribution in [2.45, 2.75) is 40.2 Å². The van der Waals surface area contributed by atoms with E-state index in [1.807, 2.05) is 0 Å². The second-order valence-electron chi connectivity index (χ2n) is 5.51. The molecule has 0 saturated heterocycles. The molecule has 1 aromatic heterocycles. The third-order valence-electron chi connectivity index (χ3n) is 3.57. The topological polar surface area (TPSA) is 14.2 Å². The summed E-state index contributed by atoms with van der Waals surface area (Å²) in [4.78, 5) is 0. The van der Waals surface area contributed by atoms with E-state index in [-0.39, 0.29) is 0 Å². The Hall–Kier alpha value is -1.28. The Morgan fingerprint density at radius 1 is 1.16 bits per heavy atom. The average Bonchev–Trinajstić information content (AvgIpc) is 2.81. The number of hydrogen-bond donors (Lipinski definition) is 0. The Kier molecular flexibility index (Phi) is 5.03. The van der Waals surface area contributed by atoms with Crippen molar-refractivity contribution in [2.24, 2.45) is 5.92 Å². The number of nitrogens with zero attached hydrogens (tertiary/aromatic N) is 1. The van der Waals surface area contributed by atoms with Crippen molar-refractivity contribution in [1.29, 1.82) is 0 Å². The fraction of sp³-hybridized carbons (Fsp3) is 0.529. The first-order valence-corrected chi connectivity index (χ1v) is 7.37. The van der Waals surface area contributed by atoms with Crippen molar-refractivity contribution in [3.8, 4) is 0 Å². The van der Waals surface area contributed by atoms with E-state index in [0.717, 1.165) is 38.5 Å². The molecular formula is C17H25NO. The van der Waals surface area contributed by atoms with Crippen LogP contribution in [0.1, 0.15) is 32.8 Å². The van der Waals surface area contributed by atoms with Gasteiger partial charge in [0.2, 0.25) is 0 Å². The fourth-order valence-corrected chi connectivity index (χ4v) is 2.40. The maximum absolute atomic E-state index is 5.72. The van der Waals surface area contributed by atoms with Crippen LogP contribution in [0.3, 0.4) is 0 Å². The van der Waals surface area contributed by atoms with Gasteiger partial charge in [-0.2, -0.15) is 0 Å². The van der Waals surface area contributed by atoms with Crippen LogP contribution in [0.2, 0.25) is 0 Å². The number of ether oxygens (including phenoxy) is 1. The SMILES string of the molecule is CCc1cccc2ccn(CCOCCC(C)C)c12. The fourth-order valence-electron chi connectivity index (χ4n) is 2.40. The van der Waals surface area contributed by atoms with Gasteiger partial charge in [-0.3, -0.25) is 0 Å². The summed E-state index contributed by atoms with van der Waals surface area (Å²) in [6.45, 7) is 9.29. The summed E-state index contributed by atoms with van der Waals surface area (Å²) in [5, 5.41) is 1.33. The van der Waals surface area contributed by atoms with Crippen LogP contribution in [0, 0.1) is 5.92 Å². The standard InChI is InChI=1S/C17H25NO/c1-4-15-6-5-7-16-8-10-18(17(15)16)11-13-19-12-9-14(2)3/h5-8,10,14H,4,9,11-13H2,1-3H3. The van der Waals surface area contributed by atoms with Gasteiger partial charge in [-0.25, -0.2) is 0 Å². The molecule has 2 aromatic rings. The summed E-state index contributed by atoms with van der Waals surface area (Å²) in [7, 11) is 0. The Balaban J connectivity index is 1.97. The van der Waals surface area contributed by atoms with Crippen LogP contribution in [-0.2, 0) is 17.7 Å². The lowest BCUT2D eigenvalue weighted by molar-refractivity contribution is 0.117. The Morgan fingerprint density at radius 3 is 2.74 bits per heavy atom. The Labute approximate surface area is 116 Å². The van der Waals surface area contributed by atoms with Crippen LogP contribution in [0.4, 0.5) is 0 Å². The van der Waals surface area contributed by atoms with Gasteiger partial charge >= 0.3 is 0 Å². The van der Waals surface area contributed by atoms with Gasteiger partial charge in [0, 0.05) is 19.3 Å². The first-order chi connectivity index (χ1) is 9.22. The minimum Gasteiger partial charge on any atom is -0.380 e. The second kappa shape index (κ2) is 6.76. The van der Waals surface area contributed by atoms with Gasteiger partial charge in [-0.15, -0.1) is 0 Å². The molecule has 0 spiro atoms. The molecule has 2 rings (SSSR count). The highest BCUT2D eigenvalue weighted by Gasteiger charge is 2.05. The highest BCUT2D eigenvalue weighted by molar-refractivity contribution is 5.83. The first kappa shape index (κ1) is 14.1. The van der Waals surface area contributed by atoms with Gasteiger partial charge in [0.05, 0.1) is 12.1 Å². The number of hydrogen-bond acceptors (Lipinski definition) is 1. The molecule has 0 N–H and O–H groups in total. The summed E-state index contributed by atoms with van der Waals surface area (Å²) in [5.74, 6) is 0.721. The minimum absolute atomic E-state index is 0.721. The van der Waals surface area contributed by atoms with Crippen LogP contribution in [0.25, 0.3) is 10.9 Å². The molecule has 0 saturated carbocycles. The molecule has 0 aliphatic rings. The molecule has 0 amide bonds. The maximum Gasteiger partial charge on any atom is 0.0645 e. The third kappa shape index (κ3) is 3.60. The van der Waals surface area contributed by atoms with E-state index >= 15 is 0 Å². The van der Waals surface area contributed by atoms with E-state index in [0.29, 0.717) is 0 Å². The Morgan fingerprint density at radius 2 is 2.00 bits per heavy atom. The molecule has 0 bridgehead atoms. The monoisotopic (exact) mass is 259 g/mol. The summed E-state index contributed by atoms with van der Waals surface area (Å²) in [5.41, 5.74) is 2.79. The van der Waals surface area contributed by atoms with Gasteiger partial charge in [-0.05, 0) is 35.8 Å². The van der Waals surface area contributed by atoms with Gasteiger partial charge in [0.1, 0.15) is 0 Å². The highest BCUT2D eigenvalue weighted by Crippen LogP contribution is 2.20. The van der Waals surface area contributed by atoms with Gasteiger partial charge < -0.3 is 9.30 Å². The lowest BCUT2D eigenvalue weighted by Crippen LogP contribution is -2.07. The number of aryl methyl sites for hydroxylation is 1. The van der Waals surface area contributed by atoms with E-state index in [2.05, 4.69) is 55.8 Å². The smallest absolute Gasteiger partial charge is 0.0645 e. The van der Waals surface area contributed by atoms with E-state index in [4.69, 9.17) is 4.74 Å². The predicted molar refractivity (Wildman–Crippen MR) is 81.6 cm³/mol. The number of rotatable bonds is 7. The van der Waals surface area contributed by atoms with Crippen LogP contribution >= 0.6 is 0 Å². The molecule has 1 aromatic carbocycles. The Bertz CT molecular complexity index is 513. The van der Waals surface area contributed by atoms with Crippen LogP contribution in [-0.4, -0.2) is 17.8 Å². The van der Waals surface area contributed by atoms with Gasteiger partial charge in [0.15, 0.2) is 0 Å². The normalized spacial score (nSPS) is 11.6. The van der Waals surface area contributed by atoms with Gasteiger partial charge in [-0.1, -0.05) is 39.0 Å². The molecule has 0 aliphatic heterocycles. The lowest BCUT2D eigenvalue weighted by Gasteiger charge is -2.10. The van der Waals surface area contributed by atoms with Crippen molar-refractivity contribution in [1.82, 2.24) is 4.57 Å². The quantitative estimate of drug-likeness (QED) is 0.677. The number of aromatic nitrogens is 1. The molecular weight excluding hydrogens is 234 g/mol.